The predicted octanol–water partition coefficient (Wildman–Crippen LogP) is 2.35. The van der Waals surface area contributed by atoms with Gasteiger partial charge in [0, 0.05) is 11.4 Å². The average molecular weight is 348 g/mol. The zero-order valence-electron chi connectivity index (χ0n) is 13.9. The lowest BCUT2D eigenvalue weighted by atomic mass is 10.1. The number of H-pyrrole nitrogens is 1. The van der Waals surface area contributed by atoms with Gasteiger partial charge in [0.2, 0.25) is 0 Å². The van der Waals surface area contributed by atoms with Crippen LogP contribution in [0.1, 0.15) is 32.1 Å². The summed E-state index contributed by atoms with van der Waals surface area (Å²) in [6.07, 6.45) is 0. The third-order valence-corrected chi connectivity index (χ3v) is 3.49. The Balaban J connectivity index is 1.99. The first-order valence-electron chi connectivity index (χ1n) is 7.33. The molecule has 2 aromatic rings. The molecule has 2 N–H and O–H groups in total. The smallest absolute Gasteiger partial charge is 0.355 e. The number of aromatic nitrogens is 1. The van der Waals surface area contributed by atoms with Gasteiger partial charge in [-0.15, -0.1) is 0 Å². The van der Waals surface area contributed by atoms with Gasteiger partial charge in [-0.3, -0.25) is 4.79 Å². The summed E-state index contributed by atoms with van der Waals surface area (Å²) < 4.78 is 22.4. The highest BCUT2D eigenvalue weighted by molar-refractivity contribution is 5.99. The van der Waals surface area contributed by atoms with E-state index in [2.05, 4.69) is 15.0 Å². The van der Waals surface area contributed by atoms with Crippen LogP contribution in [-0.4, -0.2) is 36.5 Å². The van der Waals surface area contributed by atoms with E-state index >= 15 is 0 Å². The predicted molar refractivity (Wildman–Crippen MR) is 86.9 cm³/mol. The van der Waals surface area contributed by atoms with Crippen LogP contribution in [0.25, 0.3) is 0 Å². The Morgan fingerprint density at radius 3 is 2.36 bits per heavy atom. The van der Waals surface area contributed by atoms with Crippen LogP contribution in [0.3, 0.4) is 0 Å². The molecule has 1 amide bonds. The van der Waals surface area contributed by atoms with Gasteiger partial charge in [-0.1, -0.05) is 0 Å². The highest BCUT2D eigenvalue weighted by Crippen LogP contribution is 2.19. The van der Waals surface area contributed by atoms with E-state index in [9.17, 15) is 18.8 Å². The van der Waals surface area contributed by atoms with Crippen molar-refractivity contribution in [2.24, 2.45) is 0 Å². The Hall–Kier alpha value is -3.16. The van der Waals surface area contributed by atoms with Crippen molar-refractivity contribution >= 4 is 23.5 Å². The zero-order valence-corrected chi connectivity index (χ0v) is 13.9. The largest absolute Gasteiger partial charge is 0.465 e. The van der Waals surface area contributed by atoms with E-state index < -0.39 is 30.3 Å². The summed E-state index contributed by atoms with van der Waals surface area (Å²) in [5, 5.41) is 2.47. The number of carbonyl (C=O) groups is 3. The maximum atomic E-state index is 12.8. The van der Waals surface area contributed by atoms with E-state index in [1.807, 2.05) is 0 Å². The minimum atomic E-state index is -0.773. The Kier molecular flexibility index (Phi) is 5.53. The highest BCUT2D eigenvalue weighted by Gasteiger charge is 2.23. The molecule has 2 rings (SSSR count). The number of halogens is 1. The van der Waals surface area contributed by atoms with Crippen LogP contribution in [0.5, 0.6) is 0 Å². The molecule has 0 aliphatic heterocycles. The first kappa shape index (κ1) is 18.2. The van der Waals surface area contributed by atoms with Gasteiger partial charge in [0.25, 0.3) is 5.91 Å². The van der Waals surface area contributed by atoms with Crippen LogP contribution in [0, 0.1) is 19.7 Å². The van der Waals surface area contributed by atoms with E-state index in [0.29, 0.717) is 16.9 Å². The van der Waals surface area contributed by atoms with Gasteiger partial charge >= 0.3 is 11.9 Å². The number of aromatic amines is 1. The second kappa shape index (κ2) is 7.61. The number of amides is 1. The molecule has 0 aliphatic rings. The maximum Gasteiger partial charge on any atom is 0.355 e. The standard InChI is InChI=1S/C17H17FN2O5/c1-9-14(16(22)24-3)10(2)19-15(9)17(23)25-8-13(21)20-12-6-4-11(18)5-7-12/h4-7,19H,8H2,1-3H3,(H,20,21). The molecule has 1 heterocycles. The molecule has 0 saturated carbocycles. The van der Waals surface area contributed by atoms with Gasteiger partial charge in [0.15, 0.2) is 6.61 Å². The van der Waals surface area contributed by atoms with Crippen molar-refractivity contribution in [1.82, 2.24) is 4.98 Å². The molecule has 8 heteroatoms. The van der Waals surface area contributed by atoms with Crippen molar-refractivity contribution in [3.8, 4) is 0 Å². The molecule has 0 radical (unpaired) electrons. The van der Waals surface area contributed by atoms with Crippen molar-refractivity contribution in [3.05, 3.63) is 52.6 Å². The molecule has 132 valence electrons. The molecule has 1 aromatic carbocycles. The summed E-state index contributed by atoms with van der Waals surface area (Å²) in [4.78, 5) is 38.3. The Labute approximate surface area is 143 Å². The first-order valence-corrected chi connectivity index (χ1v) is 7.33. The van der Waals surface area contributed by atoms with Crippen LogP contribution >= 0.6 is 0 Å². The molecule has 0 spiro atoms. The van der Waals surface area contributed by atoms with Gasteiger partial charge in [0.05, 0.1) is 12.7 Å². The number of anilines is 1. The molecule has 0 unspecified atom stereocenters. The fourth-order valence-corrected chi connectivity index (χ4v) is 2.30. The lowest BCUT2D eigenvalue weighted by Gasteiger charge is -2.06. The van der Waals surface area contributed by atoms with Gasteiger partial charge in [-0.05, 0) is 43.7 Å². The second-order valence-electron chi connectivity index (χ2n) is 5.25. The van der Waals surface area contributed by atoms with Crippen LogP contribution in [0.4, 0.5) is 10.1 Å². The van der Waals surface area contributed by atoms with Crippen LogP contribution in [0.2, 0.25) is 0 Å². The van der Waals surface area contributed by atoms with Gasteiger partial charge in [-0.25, -0.2) is 14.0 Å². The van der Waals surface area contributed by atoms with Crippen LogP contribution in [0.15, 0.2) is 24.3 Å². The summed E-state index contributed by atoms with van der Waals surface area (Å²) >= 11 is 0. The van der Waals surface area contributed by atoms with Crippen molar-refractivity contribution in [2.45, 2.75) is 13.8 Å². The molecule has 1 aromatic heterocycles. The molecule has 7 nitrogen and oxygen atoms in total. The fourth-order valence-electron chi connectivity index (χ4n) is 2.30. The molecular formula is C17H17FN2O5. The van der Waals surface area contributed by atoms with Crippen molar-refractivity contribution in [3.63, 3.8) is 0 Å². The number of carbonyl (C=O) groups excluding carboxylic acids is 3. The number of nitrogens with one attached hydrogen (secondary N) is 2. The zero-order chi connectivity index (χ0) is 18.6. The summed E-state index contributed by atoms with van der Waals surface area (Å²) in [7, 11) is 1.24. The topological polar surface area (TPSA) is 97.5 Å². The number of hydrogen-bond donors (Lipinski definition) is 2. The molecule has 0 atom stereocenters. The second-order valence-corrected chi connectivity index (χ2v) is 5.25. The monoisotopic (exact) mass is 348 g/mol. The van der Waals surface area contributed by atoms with Gasteiger partial charge < -0.3 is 19.8 Å². The number of esters is 2. The number of rotatable bonds is 5. The lowest BCUT2D eigenvalue weighted by molar-refractivity contribution is -0.119. The van der Waals surface area contributed by atoms with E-state index in [-0.39, 0.29) is 11.3 Å². The number of hydrogen-bond acceptors (Lipinski definition) is 5. The third kappa shape index (κ3) is 4.23. The summed E-state index contributed by atoms with van der Waals surface area (Å²) in [6, 6.07) is 5.16. The Bertz CT molecular complexity index is 811. The Morgan fingerprint density at radius 1 is 1.12 bits per heavy atom. The van der Waals surface area contributed by atoms with Crippen molar-refractivity contribution < 1.29 is 28.2 Å². The highest BCUT2D eigenvalue weighted by atomic mass is 19.1. The SMILES string of the molecule is COC(=O)c1c(C)[nH]c(C(=O)OCC(=O)Nc2ccc(F)cc2)c1C. The maximum absolute atomic E-state index is 12.8. The van der Waals surface area contributed by atoms with Crippen molar-refractivity contribution in [1.29, 1.82) is 0 Å². The minimum absolute atomic E-state index is 0.0764. The average Bonchev–Trinajstić information content (AvgIpc) is 2.88. The fraction of sp³-hybridized carbons (Fsp3) is 0.235. The summed E-state index contributed by atoms with van der Waals surface area (Å²) in [5.74, 6) is -2.35. The number of ether oxygens (including phenoxy) is 2. The molecule has 25 heavy (non-hydrogen) atoms. The van der Waals surface area contributed by atoms with E-state index in [4.69, 9.17) is 4.74 Å². The lowest BCUT2D eigenvalue weighted by Crippen LogP contribution is -2.21. The first-order chi connectivity index (χ1) is 11.8. The van der Waals surface area contributed by atoms with E-state index in [1.54, 1.807) is 13.8 Å². The molecular weight excluding hydrogens is 331 g/mol. The van der Waals surface area contributed by atoms with Crippen molar-refractivity contribution in [2.75, 3.05) is 19.0 Å². The van der Waals surface area contributed by atoms with Gasteiger partial charge in [0.1, 0.15) is 11.5 Å². The van der Waals surface area contributed by atoms with Crippen LogP contribution in [-0.2, 0) is 14.3 Å². The number of aryl methyl sites for hydroxylation is 1. The molecule has 0 saturated heterocycles. The summed E-state index contributed by atoms with van der Waals surface area (Å²) in [5.41, 5.74) is 1.56. The molecule has 0 bridgehead atoms. The third-order valence-electron chi connectivity index (χ3n) is 3.49. The van der Waals surface area contributed by atoms with Crippen LogP contribution < -0.4 is 5.32 Å². The molecule has 0 aliphatic carbocycles. The number of methoxy groups -OCH3 is 1. The quantitative estimate of drug-likeness (QED) is 0.809. The summed E-state index contributed by atoms with van der Waals surface area (Å²) in [6.45, 7) is 2.67. The van der Waals surface area contributed by atoms with E-state index in [0.717, 1.165) is 0 Å². The molecule has 0 fully saturated rings. The number of benzene rings is 1. The minimum Gasteiger partial charge on any atom is -0.465 e. The van der Waals surface area contributed by atoms with E-state index in [1.165, 1.54) is 31.4 Å². The normalized spacial score (nSPS) is 10.2. The van der Waals surface area contributed by atoms with Gasteiger partial charge in [-0.2, -0.15) is 0 Å². The Morgan fingerprint density at radius 2 is 1.76 bits per heavy atom.